The van der Waals surface area contributed by atoms with Gasteiger partial charge in [0.2, 0.25) is 0 Å². The largest absolute Gasteiger partial charge is 0.304 e. The van der Waals surface area contributed by atoms with E-state index in [2.05, 4.69) is 30.5 Å². The van der Waals surface area contributed by atoms with Gasteiger partial charge in [0.1, 0.15) is 9.88 Å². The number of nitrogens with zero attached hydrogens (tertiary/aromatic N) is 4. The van der Waals surface area contributed by atoms with E-state index in [9.17, 15) is 4.79 Å². The summed E-state index contributed by atoms with van der Waals surface area (Å²) >= 11 is 7.38. The molecule has 0 unspecified atom stereocenters. The Morgan fingerprint density at radius 3 is 2.92 bits per heavy atom. The minimum absolute atomic E-state index is 0.150. The van der Waals surface area contributed by atoms with Gasteiger partial charge in [0, 0.05) is 23.7 Å². The van der Waals surface area contributed by atoms with Crippen LogP contribution in [0.2, 0.25) is 5.15 Å². The maximum atomic E-state index is 12.7. The van der Waals surface area contributed by atoms with Crippen molar-refractivity contribution in [2.45, 2.75) is 13.8 Å². The molecule has 0 radical (unpaired) electrons. The van der Waals surface area contributed by atoms with Crippen molar-refractivity contribution in [3.63, 3.8) is 0 Å². The van der Waals surface area contributed by atoms with Gasteiger partial charge in [-0.15, -0.1) is 11.3 Å². The summed E-state index contributed by atoms with van der Waals surface area (Å²) in [5.41, 5.74) is 3.29. The fourth-order valence-electron chi connectivity index (χ4n) is 2.69. The van der Waals surface area contributed by atoms with Crippen molar-refractivity contribution in [2.75, 3.05) is 5.32 Å². The molecule has 4 aromatic heterocycles. The summed E-state index contributed by atoms with van der Waals surface area (Å²) < 4.78 is 0. The van der Waals surface area contributed by atoms with Crippen molar-refractivity contribution in [2.24, 2.45) is 0 Å². The Morgan fingerprint density at radius 1 is 1.31 bits per heavy atom. The lowest BCUT2D eigenvalue weighted by Gasteiger charge is -2.03. The number of fused-ring (bicyclic) bond motifs is 1. The van der Waals surface area contributed by atoms with E-state index in [1.165, 1.54) is 11.3 Å². The second-order valence-corrected chi connectivity index (χ2v) is 7.07. The van der Waals surface area contributed by atoms with Crippen LogP contribution in [0.15, 0.2) is 30.6 Å². The maximum Gasteiger partial charge on any atom is 0.270 e. The van der Waals surface area contributed by atoms with Crippen LogP contribution in [-0.4, -0.2) is 31.1 Å². The van der Waals surface area contributed by atoms with Gasteiger partial charge in [-0.2, -0.15) is 5.10 Å². The van der Waals surface area contributed by atoms with Gasteiger partial charge >= 0.3 is 0 Å². The lowest BCUT2D eigenvalue weighted by molar-refractivity contribution is 0.103. The second kappa shape index (κ2) is 6.47. The predicted molar refractivity (Wildman–Crippen MR) is 102 cm³/mol. The van der Waals surface area contributed by atoms with E-state index in [4.69, 9.17) is 11.6 Å². The highest BCUT2D eigenvalue weighted by atomic mass is 35.5. The third kappa shape index (κ3) is 2.93. The fraction of sp³-hybridized carbons (Fsp3) is 0.118. The normalized spacial score (nSPS) is 11.0. The van der Waals surface area contributed by atoms with Crippen LogP contribution in [0.3, 0.4) is 0 Å². The lowest BCUT2D eigenvalue weighted by atomic mass is 10.2. The van der Waals surface area contributed by atoms with Crippen LogP contribution < -0.4 is 5.32 Å². The molecule has 0 aliphatic carbocycles. The average molecular weight is 385 g/mol. The summed E-state index contributed by atoms with van der Waals surface area (Å²) in [4.78, 5) is 25.7. The number of aromatic amines is 1. The Morgan fingerprint density at radius 2 is 2.15 bits per heavy atom. The van der Waals surface area contributed by atoms with Gasteiger partial charge in [-0.25, -0.2) is 9.97 Å². The predicted octanol–water partition coefficient (Wildman–Crippen LogP) is 4.00. The number of pyridine rings is 2. The van der Waals surface area contributed by atoms with Gasteiger partial charge in [0.05, 0.1) is 5.39 Å². The minimum Gasteiger partial charge on any atom is -0.304 e. The number of halogens is 1. The number of rotatable bonds is 3. The summed E-state index contributed by atoms with van der Waals surface area (Å²) in [5.74, 6) is 0.0541. The average Bonchev–Trinajstić information content (AvgIpc) is 3.19. The molecule has 0 fully saturated rings. The molecule has 2 N–H and O–H groups in total. The van der Waals surface area contributed by atoms with Crippen LogP contribution in [0.25, 0.3) is 21.6 Å². The van der Waals surface area contributed by atoms with Gasteiger partial charge in [-0.3, -0.25) is 14.9 Å². The monoisotopic (exact) mass is 384 g/mol. The molecule has 0 aromatic carbocycles. The van der Waals surface area contributed by atoms with E-state index < -0.39 is 0 Å². The Balaban J connectivity index is 1.67. The molecule has 0 aliphatic heterocycles. The van der Waals surface area contributed by atoms with Crippen molar-refractivity contribution in [1.29, 1.82) is 0 Å². The number of nitrogens with one attached hydrogen (secondary N) is 2. The number of thiazole rings is 1. The molecule has 0 bridgehead atoms. The fourth-order valence-corrected chi connectivity index (χ4v) is 3.87. The minimum atomic E-state index is -0.365. The molecule has 0 atom stereocenters. The molecular formula is C17H13ClN6OS. The number of carbonyl (C=O) groups excluding carboxylic acids is 1. The Hall–Kier alpha value is -2.84. The molecule has 0 saturated heterocycles. The van der Waals surface area contributed by atoms with E-state index in [-0.39, 0.29) is 11.1 Å². The van der Waals surface area contributed by atoms with Crippen molar-refractivity contribution < 1.29 is 4.79 Å². The second-order valence-electron chi connectivity index (χ2n) is 5.71. The highest BCUT2D eigenvalue weighted by molar-refractivity contribution is 7.17. The molecule has 130 valence electrons. The lowest BCUT2D eigenvalue weighted by Crippen LogP contribution is -2.11. The van der Waals surface area contributed by atoms with E-state index in [0.29, 0.717) is 21.3 Å². The topological polar surface area (TPSA) is 96.5 Å². The SMILES string of the molecule is Cc1cc(C)c2c(NC(=O)c3sc(-c4cccnc4)nc3Cl)n[nH]c2n1. The highest BCUT2D eigenvalue weighted by Gasteiger charge is 2.20. The number of aromatic nitrogens is 5. The summed E-state index contributed by atoms with van der Waals surface area (Å²) in [5, 5.41) is 11.4. The summed E-state index contributed by atoms with van der Waals surface area (Å²) in [7, 11) is 0. The Kier molecular flexibility index (Phi) is 4.14. The molecule has 1 amide bonds. The van der Waals surface area contributed by atoms with Gasteiger partial charge in [0.15, 0.2) is 16.6 Å². The van der Waals surface area contributed by atoms with Crippen LogP contribution >= 0.6 is 22.9 Å². The van der Waals surface area contributed by atoms with E-state index in [1.54, 1.807) is 18.5 Å². The summed E-state index contributed by atoms with van der Waals surface area (Å²) in [6.45, 7) is 3.85. The third-order valence-corrected chi connectivity index (χ3v) is 5.28. The van der Waals surface area contributed by atoms with Gasteiger partial charge in [0.25, 0.3) is 5.91 Å². The molecule has 0 saturated carbocycles. The summed E-state index contributed by atoms with van der Waals surface area (Å²) in [6, 6.07) is 5.61. The molecule has 4 rings (SSSR count). The zero-order valence-electron chi connectivity index (χ0n) is 13.9. The van der Waals surface area contributed by atoms with Crippen molar-refractivity contribution >= 4 is 45.7 Å². The first-order valence-electron chi connectivity index (χ1n) is 7.73. The molecule has 0 aliphatic rings. The van der Waals surface area contributed by atoms with Crippen molar-refractivity contribution in [3.8, 4) is 10.6 Å². The van der Waals surface area contributed by atoms with Gasteiger partial charge in [-0.1, -0.05) is 11.6 Å². The zero-order valence-corrected chi connectivity index (χ0v) is 15.4. The molecule has 4 aromatic rings. The first-order chi connectivity index (χ1) is 12.5. The number of carbonyl (C=O) groups is 1. The number of hydrogen-bond donors (Lipinski definition) is 2. The quantitative estimate of drug-likeness (QED) is 0.556. The van der Waals surface area contributed by atoms with Crippen LogP contribution in [0, 0.1) is 13.8 Å². The standard InChI is InChI=1S/C17H13ClN6OS/c1-8-6-9(2)20-14-11(8)15(24-23-14)22-16(25)12-13(18)21-17(26-12)10-4-3-5-19-7-10/h3-7H,1-2H3,(H2,20,22,23,24,25). The highest BCUT2D eigenvalue weighted by Crippen LogP contribution is 2.31. The number of hydrogen-bond acceptors (Lipinski definition) is 6. The van der Waals surface area contributed by atoms with E-state index in [0.717, 1.165) is 22.2 Å². The van der Waals surface area contributed by atoms with Gasteiger partial charge in [-0.05, 0) is 37.6 Å². The maximum absolute atomic E-state index is 12.7. The first-order valence-corrected chi connectivity index (χ1v) is 8.93. The van der Waals surface area contributed by atoms with E-state index in [1.807, 2.05) is 26.0 Å². The number of H-pyrrole nitrogens is 1. The van der Waals surface area contributed by atoms with Crippen LogP contribution in [-0.2, 0) is 0 Å². The number of aryl methyl sites for hydroxylation is 2. The van der Waals surface area contributed by atoms with E-state index >= 15 is 0 Å². The molecule has 9 heteroatoms. The molecule has 26 heavy (non-hydrogen) atoms. The third-order valence-electron chi connectivity index (χ3n) is 3.79. The van der Waals surface area contributed by atoms with Gasteiger partial charge < -0.3 is 5.32 Å². The number of anilines is 1. The van der Waals surface area contributed by atoms with Crippen molar-refractivity contribution in [1.82, 2.24) is 25.1 Å². The van der Waals surface area contributed by atoms with Crippen molar-refractivity contribution in [3.05, 3.63) is 51.9 Å². The first kappa shape index (κ1) is 16.6. The molecule has 7 nitrogen and oxygen atoms in total. The Bertz CT molecular complexity index is 1120. The molecule has 0 spiro atoms. The van der Waals surface area contributed by atoms with Crippen LogP contribution in [0.4, 0.5) is 5.82 Å². The Labute approximate surface area is 157 Å². The smallest absolute Gasteiger partial charge is 0.270 e. The number of amides is 1. The van der Waals surface area contributed by atoms with Crippen LogP contribution in [0.5, 0.6) is 0 Å². The zero-order chi connectivity index (χ0) is 18.3. The molecule has 4 heterocycles. The summed E-state index contributed by atoms with van der Waals surface area (Å²) in [6.07, 6.45) is 3.35. The van der Waals surface area contributed by atoms with Crippen LogP contribution in [0.1, 0.15) is 20.9 Å². The molecular weight excluding hydrogens is 372 g/mol.